The maximum atomic E-state index is 12.1. The fraction of sp³-hybridized carbons (Fsp3) is 0.625. The molecule has 1 aromatic heterocycles. The lowest BCUT2D eigenvalue weighted by molar-refractivity contribution is 0.204. The van der Waals surface area contributed by atoms with Gasteiger partial charge in [-0.3, -0.25) is 0 Å². The normalized spacial score (nSPS) is 15.0. The van der Waals surface area contributed by atoms with Crippen LogP contribution in [0.15, 0.2) is 18.3 Å². The molecular weight excluding hydrogens is 280 g/mol. The summed E-state index contributed by atoms with van der Waals surface area (Å²) in [6.45, 7) is 6.64. The summed E-state index contributed by atoms with van der Waals surface area (Å²) in [6.07, 6.45) is 4.73. The molecule has 0 bridgehead atoms. The van der Waals surface area contributed by atoms with Gasteiger partial charge >= 0.3 is 6.03 Å². The number of amides is 2. The van der Waals surface area contributed by atoms with Crippen LogP contribution in [-0.2, 0) is 0 Å². The van der Waals surface area contributed by atoms with E-state index < -0.39 is 0 Å². The molecule has 2 rings (SSSR count). The minimum Gasteiger partial charge on any atom is -0.396 e. The Kier molecular flexibility index (Phi) is 5.60. The molecule has 2 heterocycles. The van der Waals surface area contributed by atoms with Crippen molar-refractivity contribution in [2.75, 3.05) is 36.5 Å². The number of carbonyl (C=O) groups excluding carboxylic acids is 1. The largest absolute Gasteiger partial charge is 0.396 e. The summed E-state index contributed by atoms with van der Waals surface area (Å²) in [7, 11) is 0. The van der Waals surface area contributed by atoms with Crippen LogP contribution in [0, 0.1) is 5.41 Å². The van der Waals surface area contributed by atoms with Gasteiger partial charge in [-0.05, 0) is 36.8 Å². The zero-order valence-electron chi connectivity index (χ0n) is 13.4. The lowest BCUT2D eigenvalue weighted by Crippen LogP contribution is -2.37. The fourth-order valence-corrected chi connectivity index (χ4v) is 2.55. The van der Waals surface area contributed by atoms with Gasteiger partial charge in [0.2, 0.25) is 0 Å². The average Bonchev–Trinajstić information content (AvgIpc) is 3.00. The van der Waals surface area contributed by atoms with Crippen molar-refractivity contribution < 1.29 is 9.90 Å². The van der Waals surface area contributed by atoms with E-state index in [-0.39, 0.29) is 18.1 Å². The van der Waals surface area contributed by atoms with Crippen molar-refractivity contribution in [2.24, 2.45) is 5.41 Å². The molecule has 1 aromatic rings. The average molecular weight is 306 g/mol. The molecule has 0 atom stereocenters. The van der Waals surface area contributed by atoms with Crippen LogP contribution in [0.3, 0.4) is 0 Å². The summed E-state index contributed by atoms with van der Waals surface area (Å²) in [5, 5.41) is 14.8. The van der Waals surface area contributed by atoms with Gasteiger partial charge in [0.05, 0.1) is 5.69 Å². The minimum absolute atomic E-state index is 0.123. The van der Waals surface area contributed by atoms with E-state index in [2.05, 4.69) is 20.5 Å². The highest BCUT2D eigenvalue weighted by molar-refractivity contribution is 5.92. The lowest BCUT2D eigenvalue weighted by atomic mass is 9.90. The summed E-state index contributed by atoms with van der Waals surface area (Å²) >= 11 is 0. The Morgan fingerprint density at radius 1 is 1.41 bits per heavy atom. The first-order chi connectivity index (χ1) is 10.5. The molecule has 2 amide bonds. The monoisotopic (exact) mass is 306 g/mol. The van der Waals surface area contributed by atoms with Gasteiger partial charge in [-0.1, -0.05) is 13.8 Å². The zero-order valence-corrected chi connectivity index (χ0v) is 13.4. The number of aromatic nitrogens is 1. The van der Waals surface area contributed by atoms with E-state index in [9.17, 15) is 4.79 Å². The molecule has 0 unspecified atom stereocenters. The molecular formula is C16H26N4O2. The molecule has 1 fully saturated rings. The molecule has 6 nitrogen and oxygen atoms in total. The molecule has 1 saturated heterocycles. The second-order valence-corrected chi connectivity index (χ2v) is 6.51. The maximum absolute atomic E-state index is 12.1. The molecule has 122 valence electrons. The third-order valence-electron chi connectivity index (χ3n) is 3.96. The van der Waals surface area contributed by atoms with Crippen LogP contribution in [-0.4, -0.2) is 42.4 Å². The summed E-state index contributed by atoms with van der Waals surface area (Å²) in [4.78, 5) is 18.7. The Morgan fingerprint density at radius 3 is 2.82 bits per heavy atom. The highest BCUT2D eigenvalue weighted by Gasteiger charge is 2.20. The second-order valence-electron chi connectivity index (χ2n) is 6.51. The number of nitrogens with one attached hydrogen (secondary N) is 2. The number of carbonyl (C=O) groups is 1. The molecule has 0 aliphatic carbocycles. The number of pyridine rings is 1. The van der Waals surface area contributed by atoms with Gasteiger partial charge < -0.3 is 20.6 Å². The van der Waals surface area contributed by atoms with E-state index in [4.69, 9.17) is 5.11 Å². The molecule has 0 saturated carbocycles. The van der Waals surface area contributed by atoms with E-state index in [0.29, 0.717) is 13.0 Å². The first kappa shape index (κ1) is 16.5. The van der Waals surface area contributed by atoms with Crippen molar-refractivity contribution in [1.29, 1.82) is 0 Å². The summed E-state index contributed by atoms with van der Waals surface area (Å²) in [5.41, 5.74) is 0.612. The first-order valence-corrected chi connectivity index (χ1v) is 7.87. The number of rotatable bonds is 6. The Morgan fingerprint density at radius 2 is 2.14 bits per heavy atom. The Hall–Kier alpha value is -1.82. The Bertz CT molecular complexity index is 499. The molecule has 1 aliphatic heterocycles. The Labute approximate surface area is 131 Å². The minimum atomic E-state index is -0.237. The maximum Gasteiger partial charge on any atom is 0.319 e. The van der Waals surface area contributed by atoms with Crippen LogP contribution in [0.5, 0.6) is 0 Å². The smallest absolute Gasteiger partial charge is 0.319 e. The van der Waals surface area contributed by atoms with Crippen LogP contribution in [0.25, 0.3) is 0 Å². The number of urea groups is 1. The van der Waals surface area contributed by atoms with Crippen LogP contribution in [0.4, 0.5) is 16.3 Å². The van der Waals surface area contributed by atoms with Gasteiger partial charge in [0.25, 0.3) is 0 Å². The van der Waals surface area contributed by atoms with E-state index in [1.807, 2.05) is 26.0 Å². The van der Waals surface area contributed by atoms with E-state index in [0.717, 1.165) is 37.4 Å². The van der Waals surface area contributed by atoms with E-state index >= 15 is 0 Å². The predicted molar refractivity (Wildman–Crippen MR) is 88.2 cm³/mol. The van der Waals surface area contributed by atoms with Gasteiger partial charge in [-0.2, -0.15) is 0 Å². The van der Waals surface area contributed by atoms with Crippen LogP contribution >= 0.6 is 0 Å². The van der Waals surface area contributed by atoms with Gasteiger partial charge in [0.1, 0.15) is 0 Å². The van der Waals surface area contributed by atoms with Crippen molar-refractivity contribution in [3.8, 4) is 0 Å². The molecule has 1 aliphatic rings. The van der Waals surface area contributed by atoms with Gasteiger partial charge in [-0.15, -0.1) is 0 Å². The number of aliphatic hydroxyl groups excluding tert-OH is 1. The van der Waals surface area contributed by atoms with Gasteiger partial charge in [-0.25, -0.2) is 9.78 Å². The van der Waals surface area contributed by atoms with Gasteiger partial charge in [0, 0.05) is 32.4 Å². The van der Waals surface area contributed by atoms with Crippen molar-refractivity contribution in [2.45, 2.75) is 33.1 Å². The number of hydrogen-bond donors (Lipinski definition) is 3. The molecule has 3 N–H and O–H groups in total. The zero-order chi connectivity index (χ0) is 16.0. The van der Waals surface area contributed by atoms with Crippen molar-refractivity contribution in [3.63, 3.8) is 0 Å². The molecule has 22 heavy (non-hydrogen) atoms. The van der Waals surface area contributed by atoms with Crippen molar-refractivity contribution in [1.82, 2.24) is 10.3 Å². The van der Waals surface area contributed by atoms with Crippen LogP contribution < -0.4 is 15.5 Å². The van der Waals surface area contributed by atoms with Gasteiger partial charge in [0.15, 0.2) is 5.82 Å². The van der Waals surface area contributed by atoms with Crippen LogP contribution in [0.2, 0.25) is 0 Å². The standard InChI is InChI=1S/C16H26N4O2/c1-16(2,7-11-21)12-18-15(22)19-13-6-5-8-17-14(13)20-9-3-4-10-20/h5-6,8,21H,3-4,7,9-12H2,1-2H3,(H2,18,19,22). The molecule has 0 radical (unpaired) electrons. The van der Waals surface area contributed by atoms with Crippen molar-refractivity contribution in [3.05, 3.63) is 18.3 Å². The topological polar surface area (TPSA) is 77.5 Å². The highest BCUT2D eigenvalue weighted by Crippen LogP contribution is 2.26. The number of aliphatic hydroxyl groups is 1. The SMILES string of the molecule is CC(C)(CCO)CNC(=O)Nc1cccnc1N1CCCC1. The summed E-state index contributed by atoms with van der Waals surface area (Å²) < 4.78 is 0. The Balaban J connectivity index is 1.94. The quantitative estimate of drug-likeness (QED) is 0.753. The van der Waals surface area contributed by atoms with Crippen LogP contribution in [0.1, 0.15) is 33.1 Å². The highest BCUT2D eigenvalue weighted by atomic mass is 16.3. The second kappa shape index (κ2) is 7.45. The predicted octanol–water partition coefficient (Wildman–Crippen LogP) is 2.21. The number of hydrogen-bond acceptors (Lipinski definition) is 4. The van der Waals surface area contributed by atoms with Crippen molar-refractivity contribution >= 4 is 17.5 Å². The first-order valence-electron chi connectivity index (χ1n) is 7.87. The lowest BCUT2D eigenvalue weighted by Gasteiger charge is -2.24. The fourth-order valence-electron chi connectivity index (χ4n) is 2.55. The third-order valence-corrected chi connectivity index (χ3v) is 3.96. The molecule has 0 aromatic carbocycles. The number of nitrogens with zero attached hydrogens (tertiary/aromatic N) is 2. The molecule has 6 heteroatoms. The number of anilines is 2. The van der Waals surface area contributed by atoms with E-state index in [1.165, 1.54) is 0 Å². The molecule has 0 spiro atoms. The van der Waals surface area contributed by atoms with E-state index in [1.54, 1.807) is 6.20 Å². The summed E-state index contributed by atoms with van der Waals surface area (Å²) in [5.74, 6) is 0.838. The summed E-state index contributed by atoms with van der Waals surface area (Å²) in [6, 6.07) is 3.46. The third kappa shape index (κ3) is 4.59.